The molecule has 0 aliphatic heterocycles. The zero-order valence-electron chi connectivity index (χ0n) is 73.1. The topological polar surface area (TPSA) is 825 Å². The van der Waals surface area contributed by atoms with Crippen LogP contribution in [0, 0.1) is 0 Å². The Kier molecular flexibility index (Phi) is 108. The molecule has 0 bridgehead atoms. The van der Waals surface area contributed by atoms with Gasteiger partial charge in [-0.15, -0.1) is 6.42 Å². The number of aromatic hydroxyl groups is 1. The van der Waals surface area contributed by atoms with Gasteiger partial charge in [0.25, 0.3) is 0 Å². The fourth-order valence-corrected chi connectivity index (χ4v) is 13.0. The molecule has 0 aliphatic rings. The molecule has 0 saturated heterocycles. The summed E-state index contributed by atoms with van der Waals surface area (Å²) in [6, 6.07) is 1.78. The third-order valence-electron chi connectivity index (χ3n) is 19.0. The average molecular weight is 2010 g/mol. The van der Waals surface area contributed by atoms with Gasteiger partial charge < -0.3 is 154 Å². The molecule has 0 saturated carbocycles. The van der Waals surface area contributed by atoms with E-state index in [2.05, 4.69) is 99.9 Å². The van der Waals surface area contributed by atoms with Crippen LogP contribution in [-0.4, -0.2) is 238 Å². The Morgan fingerprint density at radius 2 is 0.593 bits per heavy atom. The zero-order valence-corrected chi connectivity index (χ0v) is 75.9. The van der Waals surface area contributed by atoms with Crippen LogP contribution in [0.5, 0.6) is 5.75 Å². The molecule has 135 heavy (non-hydrogen) atoms. The second-order valence-corrected chi connectivity index (χ2v) is 30.3. The Morgan fingerprint density at radius 1 is 0.341 bits per heavy atom. The number of phenolic OH excluding ortho intramolecular Hbond substituents is 1. The molecule has 44 N–H and O–H groups in total. The van der Waals surface area contributed by atoms with E-state index in [9.17, 15) is 62.6 Å². The summed E-state index contributed by atoms with van der Waals surface area (Å²) >= 11 is 0. The number of likely N-dealkylation sites (N-methyl/N-ethyl adjacent to an activating group) is 1. The molecule has 1 rings (SSSR count). The van der Waals surface area contributed by atoms with Gasteiger partial charge in [-0.3, -0.25) is 89.0 Å². The number of amides is 11. The van der Waals surface area contributed by atoms with E-state index in [4.69, 9.17) is 74.5 Å². The molecule has 1 radical (unpaired) electrons. The number of benzene rings is 1. The van der Waals surface area contributed by atoms with Crippen molar-refractivity contribution in [3.63, 3.8) is 0 Å². The Hall–Kier alpha value is -10.5. The third kappa shape index (κ3) is 91.0. The SMILES string of the molecule is C.C.C.C.C.C.C.C.C.C.C.CC(=O)N[C@@H](CCCN=C(N)N)CC(=O)N[C@@H](CCC(N)=O)CC(=O)N[C@@H](CCCN=C(N)N)CC(=O)N[C@@H](CCCN=C(N)N)CC(=O)N[C@H](C[C-]=O)CCCN=C(N)N.CC[C@H](CCCN=C(N)N)NC(=O)C[C@H](CCCC[NH3+])NC(=O)C[C@H](CCCC[NH3+])NC(=O)C[C@H](CCCN=C(N)N)NC(=O)CCNC(=O)C[C@H](Cc1ccc(O)cc1)NC.[Y]. The quantitative estimate of drug-likeness (QED) is 0.0174. The number of carbonyl (C=O) groups is 11. The van der Waals surface area contributed by atoms with E-state index >= 15 is 0 Å². The second kappa shape index (κ2) is 95.2. The fraction of sp³-hybridized carbons (Fsp3) is 0.730. The van der Waals surface area contributed by atoms with E-state index in [0.29, 0.717) is 110 Å². The fourth-order valence-electron chi connectivity index (χ4n) is 13.0. The van der Waals surface area contributed by atoms with E-state index in [1.165, 1.54) is 6.92 Å². The number of rotatable bonds is 69. The van der Waals surface area contributed by atoms with Gasteiger partial charge in [0.15, 0.2) is 35.8 Å². The molecule has 0 fully saturated rings. The van der Waals surface area contributed by atoms with Crippen molar-refractivity contribution in [2.75, 3.05) is 66.0 Å². The van der Waals surface area contributed by atoms with Crippen LogP contribution < -0.4 is 144 Å². The molecule has 789 valence electrons. The minimum atomic E-state index is -0.837. The van der Waals surface area contributed by atoms with E-state index in [1.807, 2.05) is 6.92 Å². The Labute approximate surface area is 834 Å². The Morgan fingerprint density at radius 3 is 0.859 bits per heavy atom. The van der Waals surface area contributed by atoms with E-state index in [-0.39, 0.29) is 313 Å². The number of hydrogen-bond donors (Lipinski definition) is 27. The van der Waals surface area contributed by atoms with Gasteiger partial charge in [0.05, 0.1) is 13.1 Å². The van der Waals surface area contributed by atoms with Crippen LogP contribution in [0.2, 0.25) is 0 Å². The van der Waals surface area contributed by atoms with Crippen molar-refractivity contribution in [1.29, 1.82) is 0 Å². The molecule has 46 heteroatoms. The maximum atomic E-state index is 13.6. The van der Waals surface area contributed by atoms with Crippen molar-refractivity contribution in [2.24, 2.45) is 104 Å². The maximum absolute atomic E-state index is 13.6. The van der Waals surface area contributed by atoms with Crippen molar-refractivity contribution in [3.05, 3.63) is 29.8 Å². The van der Waals surface area contributed by atoms with E-state index in [0.717, 1.165) is 50.6 Å². The average Bonchev–Trinajstić information content (AvgIpc) is 0.911. The van der Waals surface area contributed by atoms with Gasteiger partial charge >= 0.3 is 0 Å². The molecule has 11 amide bonds. The van der Waals surface area contributed by atoms with Crippen LogP contribution in [0.3, 0.4) is 0 Å². The first-order chi connectivity index (χ1) is 58.4. The van der Waals surface area contributed by atoms with Crippen LogP contribution in [0.1, 0.15) is 300 Å². The summed E-state index contributed by atoms with van der Waals surface area (Å²) in [4.78, 5) is 178. The van der Waals surface area contributed by atoms with Gasteiger partial charge in [-0.25, -0.2) is 0 Å². The number of nitrogens with one attached hydrogen (secondary N) is 11. The number of nitrogens with two attached hydrogens (primary N) is 13. The van der Waals surface area contributed by atoms with Crippen molar-refractivity contribution in [2.45, 2.75) is 361 Å². The summed E-state index contributed by atoms with van der Waals surface area (Å²) < 4.78 is 0. The van der Waals surface area contributed by atoms with Gasteiger partial charge in [-0.1, -0.05) is 101 Å². The van der Waals surface area contributed by atoms with Crippen molar-refractivity contribution in [3.8, 4) is 5.75 Å². The van der Waals surface area contributed by atoms with Crippen LogP contribution >= 0.6 is 0 Å². The Bertz CT molecular complexity index is 3470. The van der Waals surface area contributed by atoms with Gasteiger partial charge in [-0.2, -0.15) is 0 Å². The number of hydrogen-bond acceptors (Lipinski definition) is 20. The molecular formula is C89H193N32O13Y+. The maximum Gasteiger partial charge on any atom is 0.222 e. The predicted molar refractivity (Wildman–Crippen MR) is 548 cm³/mol. The third-order valence-corrected chi connectivity index (χ3v) is 19.0. The molecule has 10 atom stereocenters. The number of aliphatic imine (C=N–C) groups is 6. The minimum Gasteiger partial charge on any atom is -0.542 e. The standard InChI is InChI=1S/C42H78N14O6.C36H69N18O7.11CH4.Y/c1-3-30(12-8-21-51-41(45)46)53-38(60)25-31(10-4-6-19-43)55-39(61)26-32(11-5-7-20-44)56-40(62)27-33(13-9-22-52-42(47)48)54-36(58)18-23-50-37(59)28-34(49-2)24-29-14-16-35(57)17-15-29;1-22(56)50-24(7-3-14-47-34(40)41)18-30(59)54-27(10-11-28(37)57)21-32(61)53-26(9-5-16-49-36(44)45)20-31(60)52-25(8-4-15-48-35(42)43)19-29(58)51-23(12-17-55)6-2-13-46-33(38)39;;;;;;;;;;;;/h14-17,30-34,49,57H,3-13,18-28,43-44H2,1-2H3,(H,50,59)(H,53,60)(H,54,58)(H,55,61)(H,56,62)(H4,45,46,51)(H4,47,48,52);23-27H,2-16,18-21H2,1H3,(H2,37,57)(H,50,56)(H,51,58)(H,52,60)(H,53,61)(H,54,59)(H4,38,39,46)(H4,40,41,47)(H4,42,43,48)(H4,44,45,49);11*1H4;/q;-1;;;;;;;;;;;;/p+2/t30-,31+,32+,33+,34+;23-,24-,25-,26-,27-;;;;;;;;;;;;/m10............/s1. The number of quaternary nitrogens is 2. The molecule has 0 aromatic heterocycles. The zero-order chi connectivity index (χ0) is 92.3. The van der Waals surface area contributed by atoms with Crippen LogP contribution in [0.25, 0.3) is 0 Å². The first-order valence-corrected chi connectivity index (χ1v) is 42.3. The van der Waals surface area contributed by atoms with E-state index in [1.54, 1.807) is 37.6 Å². The van der Waals surface area contributed by atoms with Gasteiger partial charge in [0, 0.05) is 210 Å². The number of guanidine groups is 6. The van der Waals surface area contributed by atoms with Crippen LogP contribution in [-0.2, 0) is 96.7 Å². The van der Waals surface area contributed by atoms with Gasteiger partial charge in [0.2, 0.25) is 65.0 Å². The number of unbranched alkanes of at least 4 members (excludes halogenated alkanes) is 2. The summed E-state index contributed by atoms with van der Waals surface area (Å²) in [7, 11) is 1.77. The second-order valence-electron chi connectivity index (χ2n) is 30.3. The Balaban J connectivity index is -0.000000184. The molecule has 0 unspecified atom stereocenters. The van der Waals surface area contributed by atoms with Gasteiger partial charge in [-0.05, 0) is 160 Å². The summed E-state index contributed by atoms with van der Waals surface area (Å²) in [6.07, 6.45) is 12.2. The first-order valence-electron chi connectivity index (χ1n) is 42.3. The molecule has 1 aromatic carbocycles. The number of nitrogens with zero attached hydrogens (tertiary/aromatic N) is 6. The van der Waals surface area contributed by atoms with Gasteiger partial charge in [0.1, 0.15) is 5.75 Å². The van der Waals surface area contributed by atoms with E-state index < -0.39 is 77.9 Å². The van der Waals surface area contributed by atoms with Crippen molar-refractivity contribution < 1.29 is 107 Å². The molecule has 0 heterocycles. The van der Waals surface area contributed by atoms with Crippen molar-refractivity contribution >= 4 is 107 Å². The molecule has 45 nitrogen and oxygen atoms in total. The first kappa shape index (κ1) is 153. The largest absolute Gasteiger partial charge is 0.542 e. The number of carbonyl (C=O) groups excluding carboxylic acids is 12. The smallest absolute Gasteiger partial charge is 0.222 e. The monoisotopic (exact) mass is 2010 g/mol. The van der Waals surface area contributed by atoms with Crippen LogP contribution in [0.4, 0.5) is 0 Å². The summed E-state index contributed by atoms with van der Waals surface area (Å²) in [6.45, 7) is 6.68. The van der Waals surface area contributed by atoms with Crippen molar-refractivity contribution in [1.82, 2.24) is 58.5 Å². The minimum absolute atomic E-state index is 0. The molecular weight excluding hydrogens is 1810 g/mol. The summed E-state index contributed by atoms with van der Waals surface area (Å²) in [5, 5.41) is 41.6. The molecule has 0 aliphatic carbocycles. The number of phenols is 1. The van der Waals surface area contributed by atoms with Crippen LogP contribution in [0.15, 0.2) is 54.2 Å². The predicted octanol–water partition coefficient (Wildman–Crippen LogP) is -0.165. The summed E-state index contributed by atoms with van der Waals surface area (Å²) in [5.41, 5.74) is 79.3. The molecule has 0 spiro atoms. The summed E-state index contributed by atoms with van der Waals surface area (Å²) in [5.74, 6) is -4.56. The normalized spacial score (nSPS) is 12.0. The number of primary amides is 1. The molecule has 1 aromatic rings.